The normalized spacial score (nSPS) is 16.5. The van der Waals surface area contributed by atoms with Crippen LogP contribution in [0.25, 0.3) is 0 Å². The molecule has 66 valence electrons. The molecule has 2 heteroatoms. The highest BCUT2D eigenvalue weighted by Gasteiger charge is 2.03. The third-order valence-electron chi connectivity index (χ3n) is 1.82. The third kappa shape index (κ3) is 2.24. The van der Waals surface area contributed by atoms with Gasteiger partial charge in [0.1, 0.15) is 5.76 Å². The average molecular weight is 165 g/mol. The van der Waals surface area contributed by atoms with Gasteiger partial charge in [-0.15, -0.1) is 0 Å². The van der Waals surface area contributed by atoms with Gasteiger partial charge in [-0.1, -0.05) is 18.2 Å². The monoisotopic (exact) mass is 165 g/mol. The van der Waals surface area contributed by atoms with Crippen molar-refractivity contribution in [1.29, 1.82) is 0 Å². The van der Waals surface area contributed by atoms with Gasteiger partial charge < -0.3 is 10.1 Å². The maximum Gasteiger partial charge on any atom is 0.119 e. The molecular formula is C10H15NO. The molecule has 1 aliphatic carbocycles. The van der Waals surface area contributed by atoms with Crippen molar-refractivity contribution in [2.24, 2.45) is 0 Å². The van der Waals surface area contributed by atoms with Crippen LogP contribution in [0.5, 0.6) is 0 Å². The summed E-state index contributed by atoms with van der Waals surface area (Å²) in [6.07, 6.45) is 9.14. The zero-order valence-electron chi connectivity index (χ0n) is 7.63. The Morgan fingerprint density at radius 3 is 3.00 bits per heavy atom. The standard InChI is InChI=1S/C10H15NO/c1-11-8-9-6-4-3-5-7-10(9)12-2/h3-5,7,11H,6,8H2,1-2H3. The Labute approximate surface area is 73.6 Å². The first-order valence-electron chi connectivity index (χ1n) is 4.12. The predicted octanol–water partition coefficient (Wildman–Crippen LogP) is 1.62. The third-order valence-corrected chi connectivity index (χ3v) is 1.82. The molecule has 12 heavy (non-hydrogen) atoms. The Hall–Kier alpha value is -1.02. The van der Waals surface area contributed by atoms with Gasteiger partial charge in [0.25, 0.3) is 0 Å². The Kier molecular flexibility index (Phi) is 3.61. The van der Waals surface area contributed by atoms with Crippen LogP contribution in [0.2, 0.25) is 0 Å². The number of likely N-dealkylation sites (N-methyl/N-ethyl adjacent to an activating group) is 1. The van der Waals surface area contributed by atoms with Crippen LogP contribution < -0.4 is 5.32 Å². The molecule has 0 unspecified atom stereocenters. The number of hydrogen-bond acceptors (Lipinski definition) is 2. The molecular weight excluding hydrogens is 150 g/mol. The molecule has 0 saturated heterocycles. The minimum Gasteiger partial charge on any atom is -0.497 e. The molecule has 0 aromatic heterocycles. The lowest BCUT2D eigenvalue weighted by molar-refractivity contribution is 0.300. The minimum atomic E-state index is 0.887. The van der Waals surface area contributed by atoms with Gasteiger partial charge in [0.2, 0.25) is 0 Å². The Balaban J connectivity index is 2.78. The smallest absolute Gasteiger partial charge is 0.119 e. The second-order valence-electron chi connectivity index (χ2n) is 2.69. The molecule has 0 amide bonds. The van der Waals surface area contributed by atoms with Crippen LogP contribution in [0.1, 0.15) is 6.42 Å². The van der Waals surface area contributed by atoms with E-state index in [1.807, 2.05) is 25.3 Å². The van der Waals surface area contributed by atoms with Gasteiger partial charge in [-0.3, -0.25) is 0 Å². The van der Waals surface area contributed by atoms with Crippen molar-refractivity contribution in [2.75, 3.05) is 20.7 Å². The number of allylic oxidation sites excluding steroid dienone is 4. The molecule has 0 atom stereocenters. The van der Waals surface area contributed by atoms with E-state index in [-0.39, 0.29) is 0 Å². The molecule has 2 nitrogen and oxygen atoms in total. The first kappa shape index (κ1) is 9.07. The quantitative estimate of drug-likeness (QED) is 0.686. The zero-order valence-corrected chi connectivity index (χ0v) is 7.63. The zero-order chi connectivity index (χ0) is 8.81. The van der Waals surface area contributed by atoms with Gasteiger partial charge >= 0.3 is 0 Å². The van der Waals surface area contributed by atoms with E-state index < -0.39 is 0 Å². The van der Waals surface area contributed by atoms with E-state index in [9.17, 15) is 0 Å². The Morgan fingerprint density at radius 1 is 1.50 bits per heavy atom. The first-order valence-corrected chi connectivity index (χ1v) is 4.12. The molecule has 1 N–H and O–H groups in total. The van der Waals surface area contributed by atoms with Crippen molar-refractivity contribution in [3.63, 3.8) is 0 Å². The van der Waals surface area contributed by atoms with Crippen molar-refractivity contribution in [3.05, 3.63) is 35.6 Å². The number of rotatable bonds is 3. The molecule has 0 spiro atoms. The molecule has 0 bridgehead atoms. The summed E-state index contributed by atoms with van der Waals surface area (Å²) in [4.78, 5) is 0. The second kappa shape index (κ2) is 4.78. The SMILES string of the molecule is CNCC1=C(OC)C=CC=CC1. The minimum absolute atomic E-state index is 0.887. The lowest BCUT2D eigenvalue weighted by atomic mass is 10.1. The van der Waals surface area contributed by atoms with Crippen LogP contribution in [0.3, 0.4) is 0 Å². The van der Waals surface area contributed by atoms with E-state index in [1.165, 1.54) is 5.57 Å². The predicted molar refractivity (Wildman–Crippen MR) is 50.9 cm³/mol. The van der Waals surface area contributed by atoms with Crippen LogP contribution in [0.15, 0.2) is 35.6 Å². The van der Waals surface area contributed by atoms with E-state index in [0.29, 0.717) is 0 Å². The Morgan fingerprint density at radius 2 is 2.33 bits per heavy atom. The van der Waals surface area contributed by atoms with Gasteiger partial charge in [-0.05, 0) is 25.1 Å². The summed E-state index contributed by atoms with van der Waals surface area (Å²) in [6, 6.07) is 0. The number of hydrogen-bond donors (Lipinski definition) is 1. The van der Waals surface area contributed by atoms with E-state index >= 15 is 0 Å². The van der Waals surface area contributed by atoms with Crippen molar-refractivity contribution >= 4 is 0 Å². The van der Waals surface area contributed by atoms with Crippen molar-refractivity contribution < 1.29 is 4.74 Å². The molecule has 0 aromatic rings. The maximum absolute atomic E-state index is 5.25. The number of methoxy groups -OCH3 is 1. The molecule has 0 aliphatic heterocycles. The van der Waals surface area contributed by atoms with Crippen LogP contribution in [0, 0.1) is 0 Å². The largest absolute Gasteiger partial charge is 0.497 e. The van der Waals surface area contributed by atoms with Gasteiger partial charge in [0.15, 0.2) is 0 Å². The maximum atomic E-state index is 5.25. The van der Waals surface area contributed by atoms with Crippen molar-refractivity contribution in [1.82, 2.24) is 5.32 Å². The molecule has 1 rings (SSSR count). The highest BCUT2D eigenvalue weighted by atomic mass is 16.5. The molecule has 0 heterocycles. The van der Waals surface area contributed by atoms with E-state index in [1.54, 1.807) is 7.11 Å². The van der Waals surface area contributed by atoms with E-state index in [4.69, 9.17) is 4.74 Å². The topological polar surface area (TPSA) is 21.3 Å². The number of ether oxygens (including phenoxy) is 1. The molecule has 1 aliphatic rings. The van der Waals surface area contributed by atoms with Crippen LogP contribution >= 0.6 is 0 Å². The fourth-order valence-corrected chi connectivity index (χ4v) is 1.24. The van der Waals surface area contributed by atoms with Crippen LogP contribution in [0.4, 0.5) is 0 Å². The van der Waals surface area contributed by atoms with Crippen molar-refractivity contribution in [2.45, 2.75) is 6.42 Å². The van der Waals surface area contributed by atoms with E-state index in [0.717, 1.165) is 18.7 Å². The van der Waals surface area contributed by atoms with Gasteiger partial charge in [-0.2, -0.15) is 0 Å². The molecule has 0 saturated carbocycles. The molecule has 0 radical (unpaired) electrons. The average Bonchev–Trinajstić information content (AvgIpc) is 2.30. The lowest BCUT2D eigenvalue weighted by Gasteiger charge is -2.08. The molecule has 0 aromatic carbocycles. The summed E-state index contributed by atoms with van der Waals surface area (Å²) >= 11 is 0. The van der Waals surface area contributed by atoms with Crippen molar-refractivity contribution in [3.8, 4) is 0 Å². The highest BCUT2D eigenvalue weighted by molar-refractivity contribution is 5.29. The second-order valence-corrected chi connectivity index (χ2v) is 2.69. The van der Waals surface area contributed by atoms with Crippen LogP contribution in [-0.2, 0) is 4.74 Å². The molecule has 0 fully saturated rings. The summed E-state index contributed by atoms with van der Waals surface area (Å²) in [6.45, 7) is 0.887. The van der Waals surface area contributed by atoms with E-state index in [2.05, 4.69) is 11.4 Å². The summed E-state index contributed by atoms with van der Waals surface area (Å²) in [7, 11) is 3.65. The fraction of sp³-hybridized carbons (Fsp3) is 0.400. The highest BCUT2D eigenvalue weighted by Crippen LogP contribution is 2.14. The Bertz CT molecular complexity index is 226. The summed E-state index contributed by atoms with van der Waals surface area (Å²) < 4.78 is 5.25. The van der Waals surface area contributed by atoms with Gasteiger partial charge in [0, 0.05) is 6.54 Å². The summed E-state index contributed by atoms with van der Waals surface area (Å²) in [5, 5.41) is 3.12. The first-order chi connectivity index (χ1) is 5.88. The summed E-state index contributed by atoms with van der Waals surface area (Å²) in [5.74, 6) is 0.981. The summed E-state index contributed by atoms with van der Waals surface area (Å²) in [5.41, 5.74) is 1.30. The lowest BCUT2D eigenvalue weighted by Crippen LogP contribution is -2.12. The van der Waals surface area contributed by atoms with Gasteiger partial charge in [-0.25, -0.2) is 0 Å². The van der Waals surface area contributed by atoms with Crippen LogP contribution in [-0.4, -0.2) is 20.7 Å². The van der Waals surface area contributed by atoms with Gasteiger partial charge in [0.05, 0.1) is 7.11 Å². The fourth-order valence-electron chi connectivity index (χ4n) is 1.24. The number of nitrogens with one attached hydrogen (secondary N) is 1.